The number of aliphatic hydroxyl groups excluding tert-OH is 1. The number of aliphatic hydroxyl groups is 1. The highest BCUT2D eigenvalue weighted by molar-refractivity contribution is 6.46. The number of amides is 1. The minimum absolute atomic E-state index is 0.00185. The van der Waals surface area contributed by atoms with Crippen molar-refractivity contribution < 1.29 is 28.7 Å². The molecule has 1 fully saturated rings. The zero-order valence-electron chi connectivity index (χ0n) is 18.0. The Morgan fingerprint density at radius 2 is 1.87 bits per heavy atom. The summed E-state index contributed by atoms with van der Waals surface area (Å²) < 4.78 is 19.1. The number of carbonyl (C=O) groups excluding carboxylic acids is 2. The first-order valence-corrected chi connectivity index (χ1v) is 10.4. The first-order chi connectivity index (χ1) is 14.8. The van der Waals surface area contributed by atoms with Gasteiger partial charge < -0.3 is 19.6 Å². The van der Waals surface area contributed by atoms with Gasteiger partial charge in [0.25, 0.3) is 11.7 Å². The molecule has 1 saturated heterocycles. The normalized spacial score (nSPS) is 18.1. The Kier molecular flexibility index (Phi) is 7.07. The van der Waals surface area contributed by atoms with Crippen LogP contribution in [0.5, 0.6) is 5.75 Å². The third kappa shape index (κ3) is 4.94. The quantitative estimate of drug-likeness (QED) is 0.385. The number of benzene rings is 2. The van der Waals surface area contributed by atoms with Crippen molar-refractivity contribution >= 4 is 17.4 Å². The molecule has 0 bridgehead atoms. The van der Waals surface area contributed by atoms with E-state index in [0.29, 0.717) is 31.0 Å². The molecule has 6 nitrogen and oxygen atoms in total. The fourth-order valence-electron chi connectivity index (χ4n) is 3.56. The molecule has 1 aliphatic heterocycles. The number of nitrogens with one attached hydrogen (secondary N) is 1. The highest BCUT2D eigenvalue weighted by atomic mass is 19.1. The molecule has 0 spiro atoms. The van der Waals surface area contributed by atoms with E-state index in [1.165, 1.54) is 29.2 Å². The molecule has 2 aromatic rings. The molecule has 164 valence electrons. The van der Waals surface area contributed by atoms with Crippen molar-refractivity contribution in [2.24, 2.45) is 0 Å². The molecule has 1 amide bonds. The lowest BCUT2D eigenvalue weighted by Gasteiger charge is -2.26. The summed E-state index contributed by atoms with van der Waals surface area (Å²) in [4.78, 5) is 28.5. The maximum Gasteiger partial charge on any atom is 0.295 e. The Balaban J connectivity index is 2.11. The van der Waals surface area contributed by atoms with E-state index < -0.39 is 23.5 Å². The first kappa shape index (κ1) is 22.5. The van der Waals surface area contributed by atoms with Crippen LogP contribution in [0.4, 0.5) is 4.39 Å². The Hall–Kier alpha value is -3.19. The molecule has 3 rings (SSSR count). The van der Waals surface area contributed by atoms with E-state index in [1.54, 1.807) is 12.1 Å². The highest BCUT2D eigenvalue weighted by Gasteiger charge is 2.46. The van der Waals surface area contributed by atoms with Gasteiger partial charge in [-0.2, -0.15) is 0 Å². The molecule has 1 aliphatic rings. The Labute approximate surface area is 181 Å². The van der Waals surface area contributed by atoms with Gasteiger partial charge in [0, 0.05) is 5.56 Å². The molecule has 2 aromatic carbocycles. The number of hydrogen-bond donors (Lipinski definition) is 2. The van der Waals surface area contributed by atoms with Crippen LogP contribution in [0.3, 0.4) is 0 Å². The summed E-state index contributed by atoms with van der Waals surface area (Å²) in [6.07, 6.45) is 0.846. The molecule has 7 heteroatoms. The van der Waals surface area contributed by atoms with Gasteiger partial charge in [0.15, 0.2) is 0 Å². The third-order valence-electron chi connectivity index (χ3n) is 5.16. The second-order valence-electron chi connectivity index (χ2n) is 7.88. The highest BCUT2D eigenvalue weighted by Crippen LogP contribution is 2.40. The van der Waals surface area contributed by atoms with E-state index >= 15 is 0 Å². The van der Waals surface area contributed by atoms with Crippen molar-refractivity contribution in [2.75, 3.05) is 33.8 Å². The van der Waals surface area contributed by atoms with Crippen molar-refractivity contribution in [3.63, 3.8) is 0 Å². The molecule has 1 heterocycles. The number of halogens is 1. The molecule has 1 atom stereocenters. The lowest BCUT2D eigenvalue weighted by molar-refractivity contribution is -0.857. The van der Waals surface area contributed by atoms with Crippen molar-refractivity contribution in [3.8, 4) is 5.75 Å². The summed E-state index contributed by atoms with van der Waals surface area (Å²) in [6.45, 7) is 3.53. The summed E-state index contributed by atoms with van der Waals surface area (Å²) in [5.74, 6) is -1.55. The molecule has 2 N–H and O–H groups in total. The minimum atomic E-state index is -0.755. The lowest BCUT2D eigenvalue weighted by atomic mass is 9.95. The van der Waals surface area contributed by atoms with Gasteiger partial charge in [-0.1, -0.05) is 19.1 Å². The van der Waals surface area contributed by atoms with Crippen LogP contribution in [0.25, 0.3) is 5.76 Å². The standard InChI is InChI=1S/C24H27FN2O4/c1-4-14-31-19-7-5-6-17(15-19)21-20(22(28)16-8-10-18(25)11-9-16)23(29)24(30)27(21)13-12-26(2)3/h5-11,15,21,28H,4,12-14H2,1-3H3/p+1/b22-20-/t21-/m1/s1. The van der Waals surface area contributed by atoms with Crippen LogP contribution in [0.15, 0.2) is 54.1 Å². The molecule has 0 aliphatic carbocycles. The van der Waals surface area contributed by atoms with Gasteiger partial charge in [-0.3, -0.25) is 9.59 Å². The fraction of sp³-hybridized carbons (Fsp3) is 0.333. The van der Waals surface area contributed by atoms with E-state index in [2.05, 4.69) is 0 Å². The second-order valence-corrected chi connectivity index (χ2v) is 7.88. The van der Waals surface area contributed by atoms with E-state index in [0.717, 1.165) is 11.3 Å². The third-order valence-corrected chi connectivity index (χ3v) is 5.16. The van der Waals surface area contributed by atoms with Crippen LogP contribution in [0.2, 0.25) is 0 Å². The number of nitrogens with zero attached hydrogens (tertiary/aromatic N) is 1. The first-order valence-electron chi connectivity index (χ1n) is 10.4. The molecular weight excluding hydrogens is 399 g/mol. The zero-order valence-corrected chi connectivity index (χ0v) is 18.0. The van der Waals surface area contributed by atoms with E-state index in [1.807, 2.05) is 33.2 Å². The van der Waals surface area contributed by atoms with Crippen molar-refractivity contribution in [1.82, 2.24) is 4.90 Å². The molecule has 0 unspecified atom stereocenters. The zero-order chi connectivity index (χ0) is 22.5. The summed E-state index contributed by atoms with van der Waals surface area (Å²) >= 11 is 0. The largest absolute Gasteiger partial charge is 0.507 e. The maximum absolute atomic E-state index is 13.3. The number of quaternary nitrogens is 1. The van der Waals surface area contributed by atoms with Crippen LogP contribution < -0.4 is 9.64 Å². The maximum atomic E-state index is 13.3. The Morgan fingerprint density at radius 3 is 2.52 bits per heavy atom. The van der Waals surface area contributed by atoms with E-state index in [4.69, 9.17) is 4.74 Å². The Bertz CT molecular complexity index is 985. The van der Waals surface area contributed by atoms with Gasteiger partial charge in [0.05, 0.1) is 45.4 Å². The number of rotatable bonds is 8. The van der Waals surface area contributed by atoms with Crippen LogP contribution in [0.1, 0.15) is 30.5 Å². The van der Waals surface area contributed by atoms with E-state index in [9.17, 15) is 19.1 Å². The molecular formula is C24H28FN2O4+. The van der Waals surface area contributed by atoms with Gasteiger partial charge in [0.1, 0.15) is 17.3 Å². The topological polar surface area (TPSA) is 71.3 Å². The van der Waals surface area contributed by atoms with Crippen LogP contribution in [0, 0.1) is 5.82 Å². The van der Waals surface area contributed by atoms with Crippen molar-refractivity contribution in [3.05, 3.63) is 71.0 Å². The molecule has 0 radical (unpaired) electrons. The van der Waals surface area contributed by atoms with Gasteiger partial charge in [-0.05, 0) is 48.4 Å². The number of likely N-dealkylation sites (tertiary alicyclic amines) is 1. The van der Waals surface area contributed by atoms with Crippen molar-refractivity contribution in [1.29, 1.82) is 0 Å². The van der Waals surface area contributed by atoms with Crippen LogP contribution >= 0.6 is 0 Å². The van der Waals surface area contributed by atoms with Crippen LogP contribution in [-0.4, -0.2) is 55.5 Å². The Morgan fingerprint density at radius 1 is 1.16 bits per heavy atom. The minimum Gasteiger partial charge on any atom is -0.507 e. The number of carbonyl (C=O) groups is 2. The number of hydrogen-bond acceptors (Lipinski definition) is 4. The number of ketones is 1. The van der Waals surface area contributed by atoms with Gasteiger partial charge in [-0.15, -0.1) is 0 Å². The molecule has 31 heavy (non-hydrogen) atoms. The summed E-state index contributed by atoms with van der Waals surface area (Å²) in [7, 11) is 3.92. The second kappa shape index (κ2) is 9.75. The summed E-state index contributed by atoms with van der Waals surface area (Å²) in [6, 6.07) is 11.6. The molecule has 0 aromatic heterocycles. The van der Waals surface area contributed by atoms with E-state index in [-0.39, 0.29) is 16.9 Å². The monoisotopic (exact) mass is 427 g/mol. The average Bonchev–Trinajstić information content (AvgIpc) is 3.01. The van der Waals surface area contributed by atoms with Gasteiger partial charge >= 0.3 is 0 Å². The lowest BCUT2D eigenvalue weighted by Crippen LogP contribution is -3.06. The summed E-state index contributed by atoms with van der Waals surface area (Å²) in [5.41, 5.74) is 0.948. The summed E-state index contributed by atoms with van der Waals surface area (Å²) in [5, 5.41) is 11.0. The SMILES string of the molecule is CCCOc1cccc([C@@H]2/C(=C(/O)c3ccc(F)cc3)C(=O)C(=O)N2CC[NH+](C)C)c1. The fourth-order valence-corrected chi connectivity index (χ4v) is 3.56. The smallest absolute Gasteiger partial charge is 0.295 e. The average molecular weight is 427 g/mol. The molecule has 0 saturated carbocycles. The predicted molar refractivity (Wildman–Crippen MR) is 115 cm³/mol. The number of Topliss-reactive ketones (excluding diaryl/α,β-unsaturated/α-hetero) is 1. The van der Waals surface area contributed by atoms with Gasteiger partial charge in [-0.25, -0.2) is 4.39 Å². The van der Waals surface area contributed by atoms with Crippen LogP contribution in [-0.2, 0) is 9.59 Å². The number of likely N-dealkylation sites (N-methyl/N-ethyl adjacent to an activating group) is 1. The number of ether oxygens (including phenoxy) is 1. The van der Waals surface area contributed by atoms with Crippen molar-refractivity contribution in [2.45, 2.75) is 19.4 Å². The van der Waals surface area contributed by atoms with Gasteiger partial charge in [0.2, 0.25) is 0 Å². The predicted octanol–water partition coefficient (Wildman–Crippen LogP) is 2.18.